The fourth-order valence-electron chi connectivity index (χ4n) is 1.37. The lowest BCUT2D eigenvalue weighted by atomic mass is 10.3. The number of hydrogen-bond donors (Lipinski definition) is 1. The largest absolute Gasteiger partial charge is 0.380 e. The van der Waals surface area contributed by atoms with E-state index >= 15 is 0 Å². The van der Waals surface area contributed by atoms with E-state index in [0.29, 0.717) is 5.02 Å². The molecule has 0 amide bonds. The summed E-state index contributed by atoms with van der Waals surface area (Å²) in [4.78, 5) is 0. The molecular weight excluding hydrogens is 314 g/mol. The van der Waals surface area contributed by atoms with Crippen molar-refractivity contribution in [2.45, 2.75) is 13.0 Å². The highest BCUT2D eigenvalue weighted by molar-refractivity contribution is 9.10. The van der Waals surface area contributed by atoms with Crippen molar-refractivity contribution in [2.75, 3.05) is 17.3 Å². The topological polar surface area (TPSA) is 46.2 Å². The molecule has 0 fully saturated rings. The number of sulfone groups is 1. The van der Waals surface area contributed by atoms with Gasteiger partial charge in [-0.05, 0) is 25.1 Å². The molecule has 0 aliphatic rings. The first-order valence-corrected chi connectivity index (χ1v) is 7.90. The van der Waals surface area contributed by atoms with Gasteiger partial charge >= 0.3 is 0 Å². The van der Waals surface area contributed by atoms with Crippen LogP contribution in [-0.2, 0) is 9.84 Å². The Labute approximate surface area is 109 Å². The summed E-state index contributed by atoms with van der Waals surface area (Å²) >= 11 is 9.31. The van der Waals surface area contributed by atoms with E-state index in [0.717, 1.165) is 10.2 Å². The SMILES string of the molecule is CC(CS(C)(=O)=O)Nc1cc(Br)ccc1Cl. The minimum atomic E-state index is -2.98. The predicted molar refractivity (Wildman–Crippen MR) is 71.9 cm³/mol. The first kappa shape index (κ1) is 13.8. The van der Waals surface area contributed by atoms with Crippen LogP contribution in [0.25, 0.3) is 0 Å². The molecule has 0 spiro atoms. The van der Waals surface area contributed by atoms with Crippen molar-refractivity contribution in [3.63, 3.8) is 0 Å². The van der Waals surface area contributed by atoms with Crippen LogP contribution < -0.4 is 5.32 Å². The Morgan fingerprint density at radius 2 is 2.12 bits per heavy atom. The van der Waals surface area contributed by atoms with Gasteiger partial charge in [0.2, 0.25) is 0 Å². The third-order valence-corrected chi connectivity index (χ3v) is 3.81. The van der Waals surface area contributed by atoms with Gasteiger partial charge in [-0.3, -0.25) is 0 Å². The normalized spacial score (nSPS) is 13.5. The van der Waals surface area contributed by atoms with E-state index in [2.05, 4.69) is 21.2 Å². The quantitative estimate of drug-likeness (QED) is 0.925. The molecule has 3 nitrogen and oxygen atoms in total. The Morgan fingerprint density at radius 3 is 2.69 bits per heavy atom. The van der Waals surface area contributed by atoms with Crippen LogP contribution >= 0.6 is 27.5 Å². The van der Waals surface area contributed by atoms with E-state index in [1.54, 1.807) is 13.0 Å². The first-order valence-electron chi connectivity index (χ1n) is 4.67. The third-order valence-electron chi connectivity index (χ3n) is 1.88. The van der Waals surface area contributed by atoms with E-state index in [1.165, 1.54) is 6.26 Å². The molecule has 0 aromatic heterocycles. The molecular formula is C10H13BrClNO2S. The molecule has 0 radical (unpaired) electrons. The monoisotopic (exact) mass is 325 g/mol. The number of anilines is 1. The summed E-state index contributed by atoms with van der Waals surface area (Å²) in [5, 5.41) is 3.64. The van der Waals surface area contributed by atoms with Gasteiger partial charge in [0.15, 0.2) is 0 Å². The summed E-state index contributed by atoms with van der Waals surface area (Å²) in [5.74, 6) is 0.0792. The summed E-state index contributed by atoms with van der Waals surface area (Å²) in [6.45, 7) is 1.80. The van der Waals surface area contributed by atoms with Gasteiger partial charge in [-0.25, -0.2) is 8.42 Å². The van der Waals surface area contributed by atoms with E-state index in [-0.39, 0.29) is 11.8 Å². The first-order chi connectivity index (χ1) is 7.28. The van der Waals surface area contributed by atoms with Crippen LogP contribution in [0.1, 0.15) is 6.92 Å². The highest BCUT2D eigenvalue weighted by Gasteiger charge is 2.11. The summed E-state index contributed by atoms with van der Waals surface area (Å²) in [7, 11) is -2.98. The van der Waals surface area contributed by atoms with Crippen LogP contribution in [0, 0.1) is 0 Å². The van der Waals surface area contributed by atoms with Gasteiger partial charge in [-0.1, -0.05) is 27.5 Å². The molecule has 1 N–H and O–H groups in total. The lowest BCUT2D eigenvalue weighted by molar-refractivity contribution is 0.598. The fourth-order valence-corrected chi connectivity index (χ4v) is 2.89. The van der Waals surface area contributed by atoms with Crippen molar-refractivity contribution in [3.8, 4) is 0 Å². The number of hydrogen-bond acceptors (Lipinski definition) is 3. The van der Waals surface area contributed by atoms with Crippen LogP contribution in [0.2, 0.25) is 5.02 Å². The standard InChI is InChI=1S/C10H13BrClNO2S/c1-7(6-16(2,14)15)13-10-5-8(11)3-4-9(10)12/h3-5,7,13H,6H2,1-2H3. The molecule has 1 rings (SSSR count). The maximum Gasteiger partial charge on any atom is 0.149 e. The summed E-state index contributed by atoms with van der Waals surface area (Å²) in [5.41, 5.74) is 0.729. The highest BCUT2D eigenvalue weighted by Crippen LogP contribution is 2.26. The Morgan fingerprint density at radius 1 is 1.50 bits per heavy atom. The second-order valence-electron chi connectivity index (χ2n) is 3.76. The molecule has 0 bridgehead atoms. The number of rotatable bonds is 4. The summed E-state index contributed by atoms with van der Waals surface area (Å²) in [6.07, 6.45) is 1.22. The Kier molecular flexibility index (Phi) is 4.64. The number of benzene rings is 1. The summed E-state index contributed by atoms with van der Waals surface area (Å²) < 4.78 is 23.1. The molecule has 0 saturated heterocycles. The lowest BCUT2D eigenvalue weighted by Gasteiger charge is -2.15. The molecule has 1 unspecified atom stereocenters. The molecule has 0 heterocycles. The average molecular weight is 327 g/mol. The van der Waals surface area contributed by atoms with E-state index in [4.69, 9.17) is 11.6 Å². The number of halogens is 2. The highest BCUT2D eigenvalue weighted by atomic mass is 79.9. The second kappa shape index (κ2) is 5.38. The van der Waals surface area contributed by atoms with Crippen LogP contribution in [0.4, 0.5) is 5.69 Å². The molecule has 1 aromatic rings. The zero-order valence-electron chi connectivity index (χ0n) is 9.00. The van der Waals surface area contributed by atoms with Gasteiger partial charge in [0.1, 0.15) is 9.84 Å². The molecule has 1 aromatic carbocycles. The Bertz CT molecular complexity index is 476. The predicted octanol–water partition coefficient (Wildman–Crippen LogP) is 2.95. The van der Waals surface area contributed by atoms with Crippen LogP contribution in [-0.4, -0.2) is 26.5 Å². The third kappa shape index (κ3) is 4.72. The van der Waals surface area contributed by atoms with Gasteiger partial charge < -0.3 is 5.32 Å². The van der Waals surface area contributed by atoms with Crippen molar-refractivity contribution in [3.05, 3.63) is 27.7 Å². The zero-order valence-corrected chi connectivity index (χ0v) is 12.2. The van der Waals surface area contributed by atoms with Crippen molar-refractivity contribution in [2.24, 2.45) is 0 Å². The van der Waals surface area contributed by atoms with Crippen molar-refractivity contribution >= 4 is 43.1 Å². The molecule has 0 aliphatic carbocycles. The molecule has 16 heavy (non-hydrogen) atoms. The molecule has 90 valence electrons. The molecule has 0 aliphatic heterocycles. The zero-order chi connectivity index (χ0) is 12.3. The van der Waals surface area contributed by atoms with Gasteiger partial charge in [0, 0.05) is 16.8 Å². The second-order valence-corrected chi connectivity index (χ2v) is 7.27. The van der Waals surface area contributed by atoms with Gasteiger partial charge in [0.25, 0.3) is 0 Å². The maximum absolute atomic E-state index is 11.1. The van der Waals surface area contributed by atoms with Crippen molar-refractivity contribution < 1.29 is 8.42 Å². The fraction of sp³-hybridized carbons (Fsp3) is 0.400. The van der Waals surface area contributed by atoms with Crippen molar-refractivity contribution in [1.82, 2.24) is 0 Å². The summed E-state index contributed by atoms with van der Waals surface area (Å²) in [6, 6.07) is 5.22. The average Bonchev–Trinajstić information content (AvgIpc) is 2.08. The van der Waals surface area contributed by atoms with Gasteiger partial charge in [0.05, 0.1) is 16.5 Å². The molecule has 0 saturated carbocycles. The Hall–Kier alpha value is -0.260. The smallest absolute Gasteiger partial charge is 0.149 e. The van der Waals surface area contributed by atoms with Crippen LogP contribution in [0.3, 0.4) is 0 Å². The Balaban J connectivity index is 2.77. The van der Waals surface area contributed by atoms with E-state index in [9.17, 15) is 8.42 Å². The lowest BCUT2D eigenvalue weighted by Crippen LogP contribution is -2.25. The van der Waals surface area contributed by atoms with Gasteiger partial charge in [-0.2, -0.15) is 0 Å². The number of nitrogens with one attached hydrogen (secondary N) is 1. The molecule has 6 heteroatoms. The van der Waals surface area contributed by atoms with Crippen molar-refractivity contribution in [1.29, 1.82) is 0 Å². The van der Waals surface area contributed by atoms with E-state index < -0.39 is 9.84 Å². The van der Waals surface area contributed by atoms with Crippen LogP contribution in [0.15, 0.2) is 22.7 Å². The maximum atomic E-state index is 11.1. The van der Waals surface area contributed by atoms with E-state index in [1.807, 2.05) is 12.1 Å². The molecule has 1 atom stereocenters. The minimum absolute atomic E-state index is 0.0792. The van der Waals surface area contributed by atoms with Gasteiger partial charge in [-0.15, -0.1) is 0 Å². The van der Waals surface area contributed by atoms with Crippen LogP contribution in [0.5, 0.6) is 0 Å². The minimum Gasteiger partial charge on any atom is -0.380 e.